The molecule has 0 atom stereocenters. The molecule has 4 heteroatoms. The summed E-state index contributed by atoms with van der Waals surface area (Å²) >= 11 is 0. The second-order valence-electron chi connectivity index (χ2n) is 4.29. The van der Waals surface area contributed by atoms with E-state index in [2.05, 4.69) is 0 Å². The summed E-state index contributed by atoms with van der Waals surface area (Å²) < 4.78 is 16.5. The molecule has 0 heterocycles. The predicted octanol–water partition coefficient (Wildman–Crippen LogP) is 3.36. The van der Waals surface area contributed by atoms with Gasteiger partial charge in [-0.15, -0.1) is 0 Å². The van der Waals surface area contributed by atoms with Crippen LogP contribution in [0.15, 0.2) is 48.5 Å². The second kappa shape index (κ2) is 7.94. The van der Waals surface area contributed by atoms with Gasteiger partial charge in [-0.2, -0.15) is 0 Å². The van der Waals surface area contributed by atoms with Crippen molar-refractivity contribution < 1.29 is 19.0 Å². The maximum Gasteiger partial charge on any atom is 0.150 e. The van der Waals surface area contributed by atoms with Gasteiger partial charge in [0.1, 0.15) is 36.7 Å². The molecule has 0 bridgehead atoms. The van der Waals surface area contributed by atoms with Crippen molar-refractivity contribution in [3.63, 3.8) is 0 Å². The highest BCUT2D eigenvalue weighted by atomic mass is 16.5. The van der Waals surface area contributed by atoms with E-state index in [9.17, 15) is 4.79 Å². The Bertz CT molecular complexity index is 546. The van der Waals surface area contributed by atoms with E-state index in [-0.39, 0.29) is 0 Å². The first-order valence-corrected chi connectivity index (χ1v) is 6.85. The molecule has 110 valence electrons. The lowest BCUT2D eigenvalue weighted by Crippen LogP contribution is -2.08. The van der Waals surface area contributed by atoms with E-state index in [1.165, 1.54) is 0 Å². The van der Waals surface area contributed by atoms with Crippen LogP contribution in [0.1, 0.15) is 17.3 Å². The van der Waals surface area contributed by atoms with Crippen LogP contribution in [-0.2, 0) is 0 Å². The van der Waals surface area contributed by atoms with Gasteiger partial charge in [-0.3, -0.25) is 4.79 Å². The first-order valence-electron chi connectivity index (χ1n) is 6.85. The number of hydrogen-bond donors (Lipinski definition) is 0. The standard InChI is InChI=1S/C17H18O4/c1-2-19-15-7-9-17(10-8-15)21-12-11-20-16-5-3-14(13-18)4-6-16/h3-10,13H,2,11-12H2,1H3. The Hall–Kier alpha value is -2.49. The third-order valence-electron chi connectivity index (χ3n) is 2.77. The van der Waals surface area contributed by atoms with Crippen LogP contribution < -0.4 is 14.2 Å². The minimum absolute atomic E-state index is 0.438. The van der Waals surface area contributed by atoms with Crippen molar-refractivity contribution in [3.8, 4) is 17.2 Å². The van der Waals surface area contributed by atoms with E-state index < -0.39 is 0 Å². The SMILES string of the molecule is CCOc1ccc(OCCOc2ccc(C=O)cc2)cc1. The third-order valence-corrected chi connectivity index (χ3v) is 2.77. The topological polar surface area (TPSA) is 44.8 Å². The molecular formula is C17H18O4. The molecule has 2 aromatic rings. The number of aldehydes is 1. The zero-order valence-electron chi connectivity index (χ0n) is 12.0. The lowest BCUT2D eigenvalue weighted by atomic mass is 10.2. The minimum Gasteiger partial charge on any atom is -0.494 e. The normalized spacial score (nSPS) is 9.95. The summed E-state index contributed by atoms with van der Waals surface area (Å²) in [6.07, 6.45) is 0.804. The molecule has 0 saturated heterocycles. The Labute approximate surface area is 124 Å². The number of carbonyl (C=O) groups is 1. The predicted molar refractivity (Wildman–Crippen MR) is 80.4 cm³/mol. The van der Waals surface area contributed by atoms with Crippen LogP contribution in [0.3, 0.4) is 0 Å². The summed E-state index contributed by atoms with van der Waals surface area (Å²) in [6, 6.07) is 14.4. The van der Waals surface area contributed by atoms with Gasteiger partial charge in [0.2, 0.25) is 0 Å². The molecule has 0 aliphatic heterocycles. The summed E-state index contributed by atoms with van der Waals surface area (Å²) in [7, 11) is 0. The number of carbonyl (C=O) groups excluding carboxylic acids is 1. The number of rotatable bonds is 8. The Morgan fingerprint density at radius 1 is 0.762 bits per heavy atom. The molecule has 4 nitrogen and oxygen atoms in total. The fourth-order valence-corrected chi connectivity index (χ4v) is 1.76. The number of ether oxygens (including phenoxy) is 3. The molecule has 2 aromatic carbocycles. The van der Waals surface area contributed by atoms with Crippen molar-refractivity contribution in [1.82, 2.24) is 0 Å². The molecule has 2 rings (SSSR count). The van der Waals surface area contributed by atoms with Crippen LogP contribution in [0.4, 0.5) is 0 Å². The molecule has 0 amide bonds. The van der Waals surface area contributed by atoms with Gasteiger partial charge in [0.15, 0.2) is 0 Å². The zero-order valence-corrected chi connectivity index (χ0v) is 12.0. The van der Waals surface area contributed by atoms with Gasteiger partial charge >= 0.3 is 0 Å². The smallest absolute Gasteiger partial charge is 0.150 e. The van der Waals surface area contributed by atoms with E-state index in [4.69, 9.17) is 14.2 Å². The molecule has 0 radical (unpaired) electrons. The molecule has 0 aromatic heterocycles. The average molecular weight is 286 g/mol. The Balaban J connectivity index is 1.72. The molecule has 0 saturated carbocycles. The quantitative estimate of drug-likeness (QED) is 0.551. The molecule has 0 N–H and O–H groups in total. The van der Waals surface area contributed by atoms with E-state index in [1.54, 1.807) is 24.3 Å². The molecule has 0 aliphatic rings. The molecule has 0 spiro atoms. The third kappa shape index (κ3) is 4.84. The van der Waals surface area contributed by atoms with Gasteiger partial charge in [0.05, 0.1) is 6.61 Å². The second-order valence-corrected chi connectivity index (χ2v) is 4.29. The van der Waals surface area contributed by atoms with Crippen LogP contribution in [0.25, 0.3) is 0 Å². The van der Waals surface area contributed by atoms with Crippen molar-refractivity contribution >= 4 is 6.29 Å². The lowest BCUT2D eigenvalue weighted by Gasteiger charge is -2.09. The van der Waals surface area contributed by atoms with Gasteiger partial charge in [0.25, 0.3) is 0 Å². The van der Waals surface area contributed by atoms with Gasteiger partial charge < -0.3 is 14.2 Å². The van der Waals surface area contributed by atoms with Crippen LogP contribution in [-0.4, -0.2) is 26.1 Å². The monoisotopic (exact) mass is 286 g/mol. The summed E-state index contributed by atoms with van der Waals surface area (Å²) in [6.45, 7) is 3.48. The van der Waals surface area contributed by atoms with E-state index in [0.29, 0.717) is 25.4 Å². The molecule has 21 heavy (non-hydrogen) atoms. The van der Waals surface area contributed by atoms with E-state index in [1.807, 2.05) is 31.2 Å². The highest BCUT2D eigenvalue weighted by molar-refractivity contribution is 5.74. The molecule has 0 unspecified atom stereocenters. The van der Waals surface area contributed by atoms with E-state index in [0.717, 1.165) is 23.5 Å². The zero-order chi connectivity index (χ0) is 14.9. The fourth-order valence-electron chi connectivity index (χ4n) is 1.76. The largest absolute Gasteiger partial charge is 0.494 e. The van der Waals surface area contributed by atoms with E-state index >= 15 is 0 Å². The summed E-state index contributed by atoms with van der Waals surface area (Å²) in [5.41, 5.74) is 0.632. The Morgan fingerprint density at radius 3 is 1.62 bits per heavy atom. The Morgan fingerprint density at radius 2 is 1.19 bits per heavy atom. The van der Waals surface area contributed by atoms with Crippen LogP contribution in [0.5, 0.6) is 17.2 Å². The first-order chi connectivity index (χ1) is 10.3. The van der Waals surface area contributed by atoms with Gasteiger partial charge in [0, 0.05) is 5.56 Å². The number of hydrogen-bond acceptors (Lipinski definition) is 4. The lowest BCUT2D eigenvalue weighted by molar-refractivity contribution is 0.112. The van der Waals surface area contributed by atoms with Crippen molar-refractivity contribution in [2.45, 2.75) is 6.92 Å². The maximum absolute atomic E-state index is 10.5. The molecule has 0 aliphatic carbocycles. The van der Waals surface area contributed by atoms with Crippen LogP contribution in [0.2, 0.25) is 0 Å². The minimum atomic E-state index is 0.438. The molecular weight excluding hydrogens is 268 g/mol. The number of benzene rings is 2. The van der Waals surface area contributed by atoms with Gasteiger partial charge in [-0.05, 0) is 55.5 Å². The molecule has 0 fully saturated rings. The maximum atomic E-state index is 10.5. The van der Waals surface area contributed by atoms with Crippen molar-refractivity contribution in [2.24, 2.45) is 0 Å². The van der Waals surface area contributed by atoms with Crippen molar-refractivity contribution in [1.29, 1.82) is 0 Å². The van der Waals surface area contributed by atoms with Crippen LogP contribution in [0, 0.1) is 0 Å². The van der Waals surface area contributed by atoms with Gasteiger partial charge in [-0.25, -0.2) is 0 Å². The van der Waals surface area contributed by atoms with Crippen molar-refractivity contribution in [3.05, 3.63) is 54.1 Å². The van der Waals surface area contributed by atoms with Crippen molar-refractivity contribution in [2.75, 3.05) is 19.8 Å². The first kappa shape index (κ1) is 14.9. The van der Waals surface area contributed by atoms with Gasteiger partial charge in [-0.1, -0.05) is 0 Å². The summed E-state index contributed by atoms with van der Waals surface area (Å²) in [5.74, 6) is 2.32. The highest BCUT2D eigenvalue weighted by Gasteiger charge is 1.97. The Kier molecular flexibility index (Phi) is 5.64. The fraction of sp³-hybridized carbons (Fsp3) is 0.235. The summed E-state index contributed by atoms with van der Waals surface area (Å²) in [5, 5.41) is 0. The van der Waals surface area contributed by atoms with Crippen LogP contribution >= 0.6 is 0 Å². The average Bonchev–Trinajstić information content (AvgIpc) is 2.54. The highest BCUT2D eigenvalue weighted by Crippen LogP contribution is 2.17. The summed E-state index contributed by atoms with van der Waals surface area (Å²) in [4.78, 5) is 10.5.